The lowest BCUT2D eigenvalue weighted by molar-refractivity contribution is -0.118. The van der Waals surface area contributed by atoms with Crippen molar-refractivity contribution in [2.45, 2.75) is 36.7 Å². The molecule has 164 valence electrons. The van der Waals surface area contributed by atoms with Crippen LogP contribution in [0.2, 0.25) is 0 Å². The van der Waals surface area contributed by atoms with E-state index in [1.165, 1.54) is 11.8 Å². The topological polar surface area (TPSA) is 84.4 Å². The number of aromatic nitrogens is 2. The minimum atomic E-state index is -0.248. The number of benzene rings is 2. The highest BCUT2D eigenvalue weighted by molar-refractivity contribution is 7.99. The van der Waals surface area contributed by atoms with Crippen LogP contribution in [0, 0.1) is 13.8 Å². The molecule has 0 atom stereocenters. The third-order valence-electron chi connectivity index (χ3n) is 4.90. The summed E-state index contributed by atoms with van der Waals surface area (Å²) in [6, 6.07) is 16.7. The molecule has 3 aromatic rings. The number of carbonyl (C=O) groups is 2. The fourth-order valence-electron chi connectivity index (χ4n) is 3.44. The lowest BCUT2D eigenvalue weighted by Crippen LogP contribution is -2.23. The Morgan fingerprint density at radius 3 is 2.38 bits per heavy atom. The van der Waals surface area contributed by atoms with Crippen molar-refractivity contribution < 1.29 is 14.3 Å². The van der Waals surface area contributed by atoms with Gasteiger partial charge < -0.3 is 15.0 Å². The van der Waals surface area contributed by atoms with Gasteiger partial charge in [-0.3, -0.25) is 9.59 Å². The number of anilines is 2. The third kappa shape index (κ3) is 5.64. The number of rotatable bonds is 7. The van der Waals surface area contributed by atoms with Crippen molar-refractivity contribution in [1.29, 1.82) is 0 Å². The summed E-state index contributed by atoms with van der Waals surface area (Å²) in [6.07, 6.45) is 1.48. The fourth-order valence-corrected chi connectivity index (χ4v) is 4.30. The number of aryl methyl sites for hydroxylation is 2. The van der Waals surface area contributed by atoms with Gasteiger partial charge in [0.05, 0.1) is 0 Å². The van der Waals surface area contributed by atoms with Crippen molar-refractivity contribution in [3.8, 4) is 5.75 Å². The first-order chi connectivity index (χ1) is 15.5. The van der Waals surface area contributed by atoms with Crippen molar-refractivity contribution in [3.05, 3.63) is 66.0 Å². The standard InChI is InChI=1S/C24H24N4O3S/c1-16-14-17(2)26-24(25-16)32-21-11-5-18(6-12-21)27-22(29)15-31-20-9-7-19(8-10-20)28-13-3-4-23(28)30/h5-12,14H,3-4,13,15H2,1-2H3,(H,27,29). The van der Waals surface area contributed by atoms with Crippen molar-refractivity contribution in [1.82, 2.24) is 9.97 Å². The molecule has 1 fully saturated rings. The Balaban J connectivity index is 1.27. The van der Waals surface area contributed by atoms with Crippen molar-refractivity contribution in [2.24, 2.45) is 0 Å². The summed E-state index contributed by atoms with van der Waals surface area (Å²) in [5.74, 6) is 0.474. The van der Waals surface area contributed by atoms with E-state index < -0.39 is 0 Å². The maximum atomic E-state index is 12.2. The molecule has 1 N–H and O–H groups in total. The molecule has 4 rings (SSSR count). The van der Waals surface area contributed by atoms with Gasteiger partial charge in [0.2, 0.25) is 5.91 Å². The molecule has 32 heavy (non-hydrogen) atoms. The molecule has 1 aliphatic rings. The molecule has 1 aliphatic heterocycles. The van der Waals surface area contributed by atoms with Crippen LogP contribution in [0.25, 0.3) is 0 Å². The molecule has 2 heterocycles. The van der Waals surface area contributed by atoms with Gasteiger partial charge in [-0.1, -0.05) is 0 Å². The Kier molecular flexibility index (Phi) is 6.70. The third-order valence-corrected chi connectivity index (χ3v) is 5.77. The predicted octanol–water partition coefficient (Wildman–Crippen LogP) is 4.39. The lowest BCUT2D eigenvalue weighted by Gasteiger charge is -2.16. The Morgan fingerprint density at radius 1 is 1.06 bits per heavy atom. The molecule has 1 saturated heterocycles. The van der Waals surface area contributed by atoms with Crippen LogP contribution < -0.4 is 15.0 Å². The molecule has 2 aromatic carbocycles. The molecular formula is C24H24N4O3S. The van der Waals surface area contributed by atoms with Crippen molar-refractivity contribution in [3.63, 3.8) is 0 Å². The fraction of sp³-hybridized carbons (Fsp3) is 0.250. The highest BCUT2D eigenvalue weighted by Gasteiger charge is 2.21. The normalized spacial score (nSPS) is 13.3. The van der Waals surface area contributed by atoms with Crippen LogP contribution in [0.5, 0.6) is 5.75 Å². The maximum absolute atomic E-state index is 12.2. The van der Waals surface area contributed by atoms with Crippen LogP contribution in [-0.2, 0) is 9.59 Å². The average Bonchev–Trinajstić information content (AvgIpc) is 3.19. The minimum Gasteiger partial charge on any atom is -0.484 e. The van der Waals surface area contributed by atoms with Crippen LogP contribution in [0.15, 0.2) is 64.6 Å². The van der Waals surface area contributed by atoms with E-state index in [0.717, 1.165) is 34.9 Å². The van der Waals surface area contributed by atoms with Gasteiger partial charge in [-0.15, -0.1) is 0 Å². The van der Waals surface area contributed by atoms with Crippen LogP contribution in [-0.4, -0.2) is 34.9 Å². The second-order valence-electron chi connectivity index (χ2n) is 7.54. The number of hydrogen-bond acceptors (Lipinski definition) is 6. The molecule has 0 spiro atoms. The number of nitrogens with one attached hydrogen (secondary N) is 1. The monoisotopic (exact) mass is 448 g/mol. The number of hydrogen-bond donors (Lipinski definition) is 1. The zero-order chi connectivity index (χ0) is 22.5. The van der Waals surface area contributed by atoms with Crippen LogP contribution in [0.4, 0.5) is 11.4 Å². The summed E-state index contributed by atoms with van der Waals surface area (Å²) in [5.41, 5.74) is 3.41. The number of carbonyl (C=O) groups excluding carboxylic acids is 2. The molecule has 0 bridgehead atoms. The molecular weight excluding hydrogens is 424 g/mol. The summed E-state index contributed by atoms with van der Waals surface area (Å²) in [7, 11) is 0. The van der Waals surface area contributed by atoms with E-state index in [0.29, 0.717) is 23.0 Å². The van der Waals surface area contributed by atoms with Crippen LogP contribution >= 0.6 is 11.8 Å². The SMILES string of the molecule is Cc1cc(C)nc(Sc2ccc(NC(=O)COc3ccc(N4CCCC4=O)cc3)cc2)n1. The van der Waals surface area contributed by atoms with E-state index in [4.69, 9.17) is 4.74 Å². The number of amides is 2. The zero-order valence-corrected chi connectivity index (χ0v) is 18.8. The summed E-state index contributed by atoms with van der Waals surface area (Å²) in [6.45, 7) is 4.54. The largest absolute Gasteiger partial charge is 0.484 e. The Bertz CT molecular complexity index is 1100. The highest BCUT2D eigenvalue weighted by atomic mass is 32.2. The first kappa shape index (κ1) is 21.8. The Labute approximate surface area is 191 Å². The summed E-state index contributed by atoms with van der Waals surface area (Å²) in [4.78, 5) is 35.7. The van der Waals surface area contributed by atoms with E-state index >= 15 is 0 Å². The van der Waals surface area contributed by atoms with Gasteiger partial charge in [0.15, 0.2) is 11.8 Å². The minimum absolute atomic E-state index is 0.102. The van der Waals surface area contributed by atoms with Gasteiger partial charge in [0.25, 0.3) is 5.91 Å². The average molecular weight is 449 g/mol. The van der Waals surface area contributed by atoms with Gasteiger partial charge in [-0.25, -0.2) is 9.97 Å². The molecule has 8 heteroatoms. The van der Waals surface area contributed by atoms with Gasteiger partial charge in [0, 0.05) is 40.6 Å². The van der Waals surface area contributed by atoms with Gasteiger partial charge in [0.1, 0.15) is 5.75 Å². The molecule has 0 saturated carbocycles. The molecule has 0 aliphatic carbocycles. The van der Waals surface area contributed by atoms with E-state index in [2.05, 4.69) is 15.3 Å². The molecule has 7 nitrogen and oxygen atoms in total. The number of nitrogens with zero attached hydrogens (tertiary/aromatic N) is 3. The Hall–Kier alpha value is -3.39. The quantitative estimate of drug-likeness (QED) is 0.540. The summed E-state index contributed by atoms with van der Waals surface area (Å²) in [5, 5.41) is 3.53. The van der Waals surface area contributed by atoms with E-state index in [1.54, 1.807) is 17.0 Å². The molecule has 0 unspecified atom stereocenters. The molecule has 2 amide bonds. The maximum Gasteiger partial charge on any atom is 0.262 e. The van der Waals surface area contributed by atoms with Crippen molar-refractivity contribution in [2.75, 3.05) is 23.4 Å². The second-order valence-corrected chi connectivity index (χ2v) is 8.58. The smallest absolute Gasteiger partial charge is 0.262 e. The first-order valence-electron chi connectivity index (χ1n) is 10.4. The van der Waals surface area contributed by atoms with E-state index in [-0.39, 0.29) is 18.4 Å². The Morgan fingerprint density at radius 2 is 1.75 bits per heavy atom. The summed E-state index contributed by atoms with van der Waals surface area (Å²) >= 11 is 1.48. The highest BCUT2D eigenvalue weighted by Crippen LogP contribution is 2.26. The van der Waals surface area contributed by atoms with Gasteiger partial charge in [-0.2, -0.15) is 0 Å². The second kappa shape index (κ2) is 9.82. The van der Waals surface area contributed by atoms with Crippen LogP contribution in [0.1, 0.15) is 24.2 Å². The number of ether oxygens (including phenoxy) is 1. The first-order valence-corrected chi connectivity index (χ1v) is 11.2. The van der Waals surface area contributed by atoms with Gasteiger partial charge >= 0.3 is 0 Å². The van der Waals surface area contributed by atoms with E-state index in [9.17, 15) is 9.59 Å². The molecule has 0 radical (unpaired) electrons. The van der Waals surface area contributed by atoms with Crippen molar-refractivity contribution >= 4 is 35.0 Å². The predicted molar refractivity (Wildman–Crippen MR) is 124 cm³/mol. The van der Waals surface area contributed by atoms with Gasteiger partial charge in [-0.05, 0) is 86.6 Å². The zero-order valence-electron chi connectivity index (χ0n) is 18.0. The molecule has 1 aromatic heterocycles. The van der Waals surface area contributed by atoms with E-state index in [1.807, 2.05) is 56.3 Å². The summed E-state index contributed by atoms with van der Waals surface area (Å²) < 4.78 is 5.57. The lowest BCUT2D eigenvalue weighted by atomic mass is 10.3. The van der Waals surface area contributed by atoms with Crippen LogP contribution in [0.3, 0.4) is 0 Å².